The SMILES string of the molecule is C=C(N)c1cnn(C)c1C(F)(F)F. The highest BCUT2D eigenvalue weighted by molar-refractivity contribution is 5.62. The Bertz CT molecular complexity index is 337. The first kappa shape index (κ1) is 9.63. The Hall–Kier alpha value is -1.46. The number of nitrogens with zero attached hydrogens (tertiary/aromatic N) is 2. The predicted octanol–water partition coefficient (Wildman–Crippen LogP) is 1.37. The van der Waals surface area contributed by atoms with Gasteiger partial charge in [-0.3, -0.25) is 4.68 Å². The van der Waals surface area contributed by atoms with Crippen molar-refractivity contribution in [2.75, 3.05) is 0 Å². The normalized spacial score (nSPS) is 11.7. The summed E-state index contributed by atoms with van der Waals surface area (Å²) < 4.78 is 37.8. The van der Waals surface area contributed by atoms with Crippen LogP contribution in [-0.2, 0) is 13.2 Å². The van der Waals surface area contributed by atoms with Gasteiger partial charge >= 0.3 is 6.18 Å². The molecule has 0 amide bonds. The van der Waals surface area contributed by atoms with Gasteiger partial charge in [-0.25, -0.2) is 0 Å². The summed E-state index contributed by atoms with van der Waals surface area (Å²) >= 11 is 0. The Morgan fingerprint density at radius 2 is 2.15 bits per heavy atom. The molecular weight excluding hydrogens is 183 g/mol. The Morgan fingerprint density at radius 3 is 2.46 bits per heavy atom. The van der Waals surface area contributed by atoms with E-state index in [2.05, 4.69) is 11.7 Å². The van der Waals surface area contributed by atoms with Crippen LogP contribution in [0.5, 0.6) is 0 Å². The van der Waals surface area contributed by atoms with Gasteiger partial charge in [-0.15, -0.1) is 0 Å². The molecule has 3 nitrogen and oxygen atoms in total. The van der Waals surface area contributed by atoms with E-state index in [9.17, 15) is 13.2 Å². The van der Waals surface area contributed by atoms with Crippen LogP contribution in [-0.4, -0.2) is 9.78 Å². The molecule has 0 fully saturated rings. The van der Waals surface area contributed by atoms with E-state index >= 15 is 0 Å². The second-order valence-electron chi connectivity index (χ2n) is 2.55. The van der Waals surface area contributed by atoms with E-state index in [1.54, 1.807) is 0 Å². The Morgan fingerprint density at radius 1 is 1.62 bits per heavy atom. The molecule has 0 spiro atoms. The van der Waals surface area contributed by atoms with Crippen molar-refractivity contribution in [2.45, 2.75) is 6.18 Å². The van der Waals surface area contributed by atoms with Crippen molar-refractivity contribution >= 4 is 5.70 Å². The summed E-state index contributed by atoms with van der Waals surface area (Å²) in [5.74, 6) is 0. The maximum absolute atomic E-state index is 12.3. The lowest BCUT2D eigenvalue weighted by atomic mass is 10.2. The highest BCUT2D eigenvalue weighted by Gasteiger charge is 2.37. The molecule has 0 unspecified atom stereocenters. The van der Waals surface area contributed by atoms with Gasteiger partial charge in [0.15, 0.2) is 5.69 Å². The fraction of sp³-hybridized carbons (Fsp3) is 0.286. The van der Waals surface area contributed by atoms with Gasteiger partial charge in [0.25, 0.3) is 0 Å². The molecule has 1 aromatic heterocycles. The van der Waals surface area contributed by atoms with Gasteiger partial charge in [0.1, 0.15) is 0 Å². The average Bonchev–Trinajstić information content (AvgIpc) is 2.28. The Labute approximate surface area is 72.6 Å². The van der Waals surface area contributed by atoms with Crippen LogP contribution in [0.3, 0.4) is 0 Å². The number of hydrogen-bond acceptors (Lipinski definition) is 2. The van der Waals surface area contributed by atoms with Gasteiger partial charge < -0.3 is 5.73 Å². The van der Waals surface area contributed by atoms with E-state index in [0.29, 0.717) is 0 Å². The van der Waals surface area contributed by atoms with E-state index in [1.165, 1.54) is 7.05 Å². The molecule has 72 valence electrons. The fourth-order valence-corrected chi connectivity index (χ4v) is 1.01. The van der Waals surface area contributed by atoms with Gasteiger partial charge in [-0.1, -0.05) is 6.58 Å². The van der Waals surface area contributed by atoms with Crippen LogP contribution in [0.15, 0.2) is 12.8 Å². The minimum atomic E-state index is -4.46. The summed E-state index contributed by atoms with van der Waals surface area (Å²) in [5, 5.41) is 3.46. The van der Waals surface area contributed by atoms with Crippen LogP contribution in [0, 0.1) is 0 Å². The number of aromatic nitrogens is 2. The zero-order valence-electron chi connectivity index (χ0n) is 6.89. The highest BCUT2D eigenvalue weighted by Crippen LogP contribution is 2.32. The molecule has 0 aliphatic heterocycles. The molecule has 0 radical (unpaired) electrons. The summed E-state index contributed by atoms with van der Waals surface area (Å²) in [7, 11) is 1.20. The summed E-state index contributed by atoms with van der Waals surface area (Å²) in [6.45, 7) is 3.24. The van der Waals surface area contributed by atoms with Gasteiger partial charge in [0, 0.05) is 18.3 Å². The van der Waals surface area contributed by atoms with Crippen LogP contribution < -0.4 is 5.73 Å². The van der Waals surface area contributed by atoms with E-state index < -0.39 is 11.9 Å². The summed E-state index contributed by atoms with van der Waals surface area (Å²) in [5.41, 5.74) is 3.99. The zero-order chi connectivity index (χ0) is 10.2. The number of hydrogen-bond donors (Lipinski definition) is 1. The monoisotopic (exact) mass is 191 g/mol. The molecule has 1 rings (SSSR count). The lowest BCUT2D eigenvalue weighted by Crippen LogP contribution is -2.15. The van der Waals surface area contributed by atoms with E-state index in [-0.39, 0.29) is 11.3 Å². The van der Waals surface area contributed by atoms with Gasteiger partial charge in [0.05, 0.1) is 6.20 Å². The van der Waals surface area contributed by atoms with Crippen LogP contribution >= 0.6 is 0 Å². The Balaban J connectivity index is 3.33. The summed E-state index contributed by atoms with van der Waals surface area (Å²) in [6.07, 6.45) is -3.41. The van der Waals surface area contributed by atoms with E-state index in [0.717, 1.165) is 10.9 Å². The number of nitrogens with two attached hydrogens (primary N) is 1. The minimum Gasteiger partial charge on any atom is -0.399 e. The van der Waals surface area contributed by atoms with Crippen molar-refractivity contribution in [2.24, 2.45) is 12.8 Å². The number of rotatable bonds is 1. The topological polar surface area (TPSA) is 43.8 Å². The number of halogens is 3. The minimum absolute atomic E-state index is 0.138. The maximum atomic E-state index is 12.3. The zero-order valence-corrected chi connectivity index (χ0v) is 6.89. The molecule has 0 saturated heterocycles. The van der Waals surface area contributed by atoms with Gasteiger partial charge in [-0.2, -0.15) is 18.3 Å². The largest absolute Gasteiger partial charge is 0.433 e. The molecule has 1 aromatic rings. The van der Waals surface area contributed by atoms with E-state index in [4.69, 9.17) is 5.73 Å². The molecule has 1 heterocycles. The third kappa shape index (κ3) is 1.66. The molecule has 0 aliphatic rings. The average molecular weight is 191 g/mol. The number of alkyl halides is 3. The van der Waals surface area contributed by atoms with Crippen molar-refractivity contribution in [1.82, 2.24) is 9.78 Å². The number of aryl methyl sites for hydroxylation is 1. The van der Waals surface area contributed by atoms with Crippen molar-refractivity contribution in [3.05, 3.63) is 24.0 Å². The van der Waals surface area contributed by atoms with Crippen molar-refractivity contribution in [3.63, 3.8) is 0 Å². The molecular formula is C7H8F3N3. The lowest BCUT2D eigenvalue weighted by molar-refractivity contribution is -0.143. The maximum Gasteiger partial charge on any atom is 0.433 e. The Kier molecular flexibility index (Phi) is 2.07. The third-order valence-corrected chi connectivity index (χ3v) is 1.55. The summed E-state index contributed by atoms with van der Waals surface area (Å²) in [6, 6.07) is 0. The van der Waals surface area contributed by atoms with Crippen LogP contribution in [0.25, 0.3) is 5.70 Å². The molecule has 6 heteroatoms. The van der Waals surface area contributed by atoms with Gasteiger partial charge in [0.2, 0.25) is 0 Å². The fourth-order valence-electron chi connectivity index (χ4n) is 1.01. The molecule has 0 bridgehead atoms. The first-order valence-electron chi connectivity index (χ1n) is 3.38. The van der Waals surface area contributed by atoms with Crippen LogP contribution in [0.4, 0.5) is 13.2 Å². The highest BCUT2D eigenvalue weighted by atomic mass is 19.4. The molecule has 0 aliphatic carbocycles. The second kappa shape index (κ2) is 2.79. The second-order valence-corrected chi connectivity index (χ2v) is 2.55. The first-order valence-corrected chi connectivity index (χ1v) is 3.38. The van der Waals surface area contributed by atoms with Crippen LogP contribution in [0.1, 0.15) is 11.3 Å². The summed E-state index contributed by atoms with van der Waals surface area (Å²) in [4.78, 5) is 0. The van der Waals surface area contributed by atoms with Gasteiger partial charge in [-0.05, 0) is 0 Å². The first-order chi connectivity index (χ1) is 5.84. The smallest absolute Gasteiger partial charge is 0.399 e. The molecule has 2 N–H and O–H groups in total. The van der Waals surface area contributed by atoms with Crippen molar-refractivity contribution < 1.29 is 13.2 Å². The van der Waals surface area contributed by atoms with E-state index in [1.807, 2.05) is 0 Å². The quantitative estimate of drug-likeness (QED) is 0.728. The molecule has 13 heavy (non-hydrogen) atoms. The molecule has 0 aromatic carbocycles. The molecule has 0 saturated carbocycles. The predicted molar refractivity (Wildman–Crippen MR) is 41.4 cm³/mol. The third-order valence-electron chi connectivity index (χ3n) is 1.55. The van der Waals surface area contributed by atoms with Crippen LogP contribution in [0.2, 0.25) is 0 Å². The van der Waals surface area contributed by atoms with Crippen molar-refractivity contribution in [3.8, 4) is 0 Å². The lowest BCUT2D eigenvalue weighted by Gasteiger charge is -2.09. The molecule has 0 atom stereocenters. The standard InChI is InChI=1S/C7H8F3N3/c1-4(11)5-3-12-13(2)6(5)7(8,9)10/h3H,1,11H2,2H3. The van der Waals surface area contributed by atoms with Crippen molar-refractivity contribution in [1.29, 1.82) is 0 Å².